The van der Waals surface area contributed by atoms with Gasteiger partial charge in [0, 0.05) is 97.5 Å². The van der Waals surface area contributed by atoms with Crippen LogP contribution in [0.25, 0.3) is 22.5 Å². The smallest absolute Gasteiger partial charge is 0.420 e. The van der Waals surface area contributed by atoms with Crippen LogP contribution in [0, 0.1) is 0 Å². The molecule has 7 heterocycles. The van der Waals surface area contributed by atoms with Gasteiger partial charge in [0.05, 0.1) is 35.7 Å². The van der Waals surface area contributed by atoms with Gasteiger partial charge >= 0.3 is 11.1 Å². The van der Waals surface area contributed by atoms with Crippen molar-refractivity contribution < 1.29 is 51.6 Å². The number of nitrogen functional groups attached to an aromatic ring is 1. The van der Waals surface area contributed by atoms with Gasteiger partial charge in [0.2, 0.25) is 5.95 Å². The Morgan fingerprint density at radius 2 is 1.16 bits per heavy atom. The normalized spacial score (nSPS) is 16.6. The van der Waals surface area contributed by atoms with Gasteiger partial charge in [-0.2, -0.15) is 0 Å². The van der Waals surface area contributed by atoms with Crippen LogP contribution in [-0.4, -0.2) is 125 Å². The minimum atomic E-state index is -3.83. The van der Waals surface area contributed by atoms with E-state index in [0.29, 0.717) is 84.5 Å². The van der Waals surface area contributed by atoms with E-state index in [1.54, 1.807) is 12.1 Å². The van der Waals surface area contributed by atoms with Crippen molar-refractivity contribution in [1.82, 2.24) is 40.3 Å². The van der Waals surface area contributed by atoms with E-state index < -0.39 is 35.2 Å². The van der Waals surface area contributed by atoms with Crippen LogP contribution in [0.5, 0.6) is 11.5 Å². The number of anilines is 5. The Morgan fingerprint density at radius 1 is 0.686 bits per heavy atom. The molecule has 0 unspecified atom stereocenters. The molecule has 3 saturated heterocycles. The third-order valence-electron chi connectivity index (χ3n) is 10.3. The van der Waals surface area contributed by atoms with Gasteiger partial charge in [-0.1, -0.05) is 0 Å². The van der Waals surface area contributed by atoms with Crippen LogP contribution >= 0.6 is 23.2 Å². The molecule has 6 aromatic rings. The maximum atomic E-state index is 12.8. The lowest BCUT2D eigenvalue weighted by molar-refractivity contribution is -0.0972. The Morgan fingerprint density at radius 3 is 1.51 bits per heavy atom. The van der Waals surface area contributed by atoms with Crippen molar-refractivity contribution in [3.8, 4) is 34.0 Å². The van der Waals surface area contributed by atoms with Crippen molar-refractivity contribution in [3.05, 3.63) is 103 Å². The minimum absolute atomic E-state index is 0.00175. The molecule has 3 fully saturated rings. The van der Waals surface area contributed by atoms with E-state index in [1.165, 1.54) is 92.5 Å². The number of aliphatic hydroxyl groups is 2. The largest absolute Gasteiger partial charge is 0.487 e. The van der Waals surface area contributed by atoms with Gasteiger partial charge in [-0.3, -0.25) is 9.59 Å². The molecule has 6 N–H and O–H groups in total. The van der Waals surface area contributed by atoms with Crippen LogP contribution in [0.3, 0.4) is 0 Å². The van der Waals surface area contributed by atoms with Gasteiger partial charge in [-0.15, -0.1) is 38.0 Å². The first-order valence-corrected chi connectivity index (χ1v) is 22.1. The zero-order valence-electron chi connectivity index (χ0n) is 36.6. The van der Waals surface area contributed by atoms with Crippen LogP contribution in [0.15, 0.2) is 91.8 Å². The van der Waals surface area contributed by atoms with Crippen molar-refractivity contribution in [3.63, 3.8) is 0 Å². The number of nitrogens with zero attached hydrogens (tertiary/aromatic N) is 10. The molecule has 2 atom stereocenters. The highest BCUT2D eigenvalue weighted by atomic mass is 35.5. The van der Waals surface area contributed by atoms with Gasteiger partial charge in [-0.05, 0) is 86.3 Å². The number of β-amino-alcohol motifs (C(OH)–C–C–N with tert-alkyl or cyclic N) is 2. The van der Waals surface area contributed by atoms with Crippen LogP contribution in [-0.2, 0) is 4.74 Å². The molecule has 0 radical (unpaired) electrons. The highest BCUT2D eigenvalue weighted by molar-refractivity contribution is 6.21. The van der Waals surface area contributed by atoms with Crippen LogP contribution < -0.4 is 35.6 Å². The number of hydrogen-bond acceptors (Lipinski definition) is 18. The van der Waals surface area contributed by atoms with Crippen molar-refractivity contribution in [2.75, 3.05) is 65.6 Å². The number of benzene rings is 2. The number of ether oxygens (including phenoxy) is 3. The summed E-state index contributed by atoms with van der Waals surface area (Å²) in [6.07, 6.45) is 9.83. The fourth-order valence-corrected chi connectivity index (χ4v) is 7.27. The SMILES string of the molecule is C1CCOC1.Nc1ncc(-c2cc(C(=O)Nc3ccc(OC(F)(F)Cl)cc3)cnc2N2CC[C@@H](O)C2)nn1.O=C(Nc1ccc(OC(F)(F)Cl)cc1)c1cnc(N2CC[C@@H](O)C2)c(-c2cncnn2)c1. The first kappa shape index (κ1) is 50.7. The van der Waals surface area contributed by atoms with Crippen molar-refractivity contribution >= 4 is 64.0 Å². The average molecular weight is 1010 g/mol. The number of aromatic nitrogens is 8. The number of hydrogen-bond donors (Lipinski definition) is 5. The lowest BCUT2D eigenvalue weighted by Gasteiger charge is -2.20. The Balaban J connectivity index is 0.000000187. The number of amides is 2. The standard InChI is InChI=1S/C20H18ClF2N7O3.C20H17ClF2N6O3.C4H8O/c21-20(22,23)33-14-3-1-12(2-4-14)27-18(32)11-7-15(16-9-26-19(24)29-28-16)17(25-8-11)30-6-5-13(31)10-30;21-20(22,23)32-15-3-1-13(2-4-15)27-19(31)12-7-16(17-9-24-11-26-28-17)18(25-8-12)29-6-5-14(30)10-29;1-2-4-5-3-1/h1-4,7-9,13,31H,5-6,10H2,(H,27,32)(H2,24,26,29);1-4,7-9,11,14,30H,5-6,10H2,(H,27,31);1-4H2/t13-;14-;/m11./s1. The Bertz CT molecular complexity index is 2690. The zero-order chi connectivity index (χ0) is 49.8. The van der Waals surface area contributed by atoms with Crippen molar-refractivity contribution in [1.29, 1.82) is 0 Å². The lowest BCUT2D eigenvalue weighted by atomic mass is 10.1. The zero-order valence-corrected chi connectivity index (χ0v) is 38.2. The summed E-state index contributed by atoms with van der Waals surface area (Å²) in [4.78, 5) is 46.1. The third kappa shape index (κ3) is 14.7. The Kier molecular flexibility index (Phi) is 16.7. The minimum Gasteiger partial charge on any atom is -0.420 e. The van der Waals surface area contributed by atoms with E-state index in [4.69, 9.17) is 33.7 Å². The van der Waals surface area contributed by atoms with Gasteiger partial charge in [0.15, 0.2) is 0 Å². The Hall–Kier alpha value is -7.12. The van der Waals surface area contributed by atoms with Gasteiger partial charge < -0.3 is 50.6 Å². The van der Waals surface area contributed by atoms with Gasteiger partial charge in [0.1, 0.15) is 40.8 Å². The van der Waals surface area contributed by atoms with Gasteiger partial charge in [-0.25, -0.2) is 19.9 Å². The second kappa shape index (κ2) is 23.0. The van der Waals surface area contributed by atoms with E-state index in [9.17, 15) is 37.4 Å². The number of halogens is 6. The van der Waals surface area contributed by atoms with E-state index >= 15 is 0 Å². The lowest BCUT2D eigenvalue weighted by Crippen LogP contribution is -2.23. The van der Waals surface area contributed by atoms with E-state index in [-0.39, 0.29) is 28.6 Å². The number of aliphatic hydroxyl groups excluding tert-OH is 2. The Labute approximate surface area is 406 Å². The summed E-state index contributed by atoms with van der Waals surface area (Å²) in [5.74, 6) is -0.207. The molecule has 0 bridgehead atoms. The number of carbonyl (C=O) groups excluding carboxylic acids is 2. The predicted molar refractivity (Wildman–Crippen MR) is 248 cm³/mol. The maximum absolute atomic E-state index is 12.8. The van der Waals surface area contributed by atoms with Crippen LogP contribution in [0.2, 0.25) is 0 Å². The second-order valence-electron chi connectivity index (χ2n) is 15.5. The molecule has 0 saturated carbocycles. The fourth-order valence-electron chi connectivity index (χ4n) is 7.09. The topological polar surface area (TPSA) is 262 Å². The van der Waals surface area contributed by atoms with Gasteiger partial charge in [0.25, 0.3) is 11.8 Å². The number of nitrogens with one attached hydrogen (secondary N) is 2. The molecule has 368 valence electrons. The summed E-state index contributed by atoms with van der Waals surface area (Å²) in [5, 5.41) is 40.7. The highest BCUT2D eigenvalue weighted by Gasteiger charge is 2.30. The van der Waals surface area contributed by atoms with E-state index in [0.717, 1.165) is 13.2 Å². The van der Waals surface area contributed by atoms with Crippen LogP contribution in [0.4, 0.5) is 46.5 Å². The first-order valence-electron chi connectivity index (χ1n) is 21.3. The highest BCUT2D eigenvalue weighted by Crippen LogP contribution is 2.33. The van der Waals surface area contributed by atoms with Crippen molar-refractivity contribution in [2.45, 2.75) is 49.0 Å². The third-order valence-corrected chi connectivity index (χ3v) is 10.5. The molecule has 20 nitrogen and oxygen atoms in total. The molecule has 4 aromatic heterocycles. The molecule has 2 amide bonds. The molecule has 9 rings (SSSR count). The summed E-state index contributed by atoms with van der Waals surface area (Å²) in [6.45, 7) is 3.99. The second-order valence-corrected chi connectivity index (χ2v) is 16.4. The predicted octanol–water partition coefficient (Wildman–Crippen LogP) is 6.23. The quantitative estimate of drug-likeness (QED) is 0.0672. The number of alkyl halides is 6. The molecular weight excluding hydrogens is 969 g/mol. The average Bonchev–Trinajstić information content (AvgIpc) is 4.15. The van der Waals surface area contributed by atoms with Crippen LogP contribution in [0.1, 0.15) is 46.4 Å². The number of carbonyl (C=O) groups is 2. The van der Waals surface area contributed by atoms with Crippen molar-refractivity contribution in [2.24, 2.45) is 0 Å². The summed E-state index contributed by atoms with van der Waals surface area (Å²) >= 11 is 9.48. The monoisotopic (exact) mass is 1010 g/mol. The summed E-state index contributed by atoms with van der Waals surface area (Å²) < 4.78 is 64.3. The molecule has 70 heavy (non-hydrogen) atoms. The maximum Gasteiger partial charge on any atom is 0.487 e. The number of pyridine rings is 2. The molecule has 0 aliphatic carbocycles. The first-order chi connectivity index (χ1) is 33.5. The summed E-state index contributed by atoms with van der Waals surface area (Å²) in [6, 6.07) is 13.8. The summed E-state index contributed by atoms with van der Waals surface area (Å²) in [5.41, 5.74) is 0.822. The molecule has 2 aromatic carbocycles. The summed E-state index contributed by atoms with van der Waals surface area (Å²) in [7, 11) is 0. The molecule has 26 heteroatoms. The molecular formula is C44H43Cl2F4N13O7. The van der Waals surface area contributed by atoms with E-state index in [2.05, 4.69) is 60.4 Å². The number of rotatable bonds is 12. The molecule has 0 spiro atoms. The number of nitrogens with two attached hydrogens (primary N) is 1. The molecule has 3 aliphatic heterocycles. The molecule has 3 aliphatic rings. The van der Waals surface area contributed by atoms with E-state index in [1.807, 2.05) is 9.80 Å². The fraction of sp³-hybridized carbons (Fsp3) is 0.318.